The molecule has 0 radical (unpaired) electrons. The van der Waals surface area contributed by atoms with Gasteiger partial charge >= 0.3 is 0 Å². The molecule has 2 fully saturated rings. The van der Waals surface area contributed by atoms with E-state index >= 15 is 0 Å². The summed E-state index contributed by atoms with van der Waals surface area (Å²) in [5.41, 5.74) is 2.56. The Morgan fingerprint density at radius 3 is 2.93 bits per heavy atom. The van der Waals surface area contributed by atoms with E-state index in [9.17, 15) is 5.11 Å². The minimum absolute atomic E-state index is 0.0201. The van der Waals surface area contributed by atoms with Crippen LogP contribution >= 0.6 is 0 Å². The number of aromatic hydroxyl groups is 1. The minimum atomic E-state index is -0.0201. The molecular weight excluding hydrogens is 372 g/mol. The number of hydrogen-bond donors (Lipinski definition) is 1. The second-order valence-corrected chi connectivity index (χ2v) is 9.89. The monoisotopic (exact) mass is 412 g/mol. The van der Waals surface area contributed by atoms with Crippen molar-refractivity contribution in [2.75, 3.05) is 6.61 Å². The topological polar surface area (TPSA) is 38.7 Å². The van der Waals surface area contributed by atoms with E-state index in [2.05, 4.69) is 32.1 Å². The SMILES string of the molecule is CCCCC[C@@H](/C=C/[C@@H]1[C@H]2Cc3cccc(O)c3C[C@H]2C[C@H]1C)OC1CCCCO1. The molecule has 6 atom stereocenters. The van der Waals surface area contributed by atoms with Crippen molar-refractivity contribution in [2.45, 2.75) is 90.4 Å². The molecule has 1 heterocycles. The van der Waals surface area contributed by atoms with Crippen LogP contribution in [0.25, 0.3) is 0 Å². The summed E-state index contributed by atoms with van der Waals surface area (Å²) in [4.78, 5) is 0. The molecule has 1 aliphatic heterocycles. The summed E-state index contributed by atoms with van der Waals surface area (Å²) in [5, 5.41) is 10.3. The highest BCUT2D eigenvalue weighted by Crippen LogP contribution is 2.49. The number of rotatable bonds is 8. The zero-order valence-electron chi connectivity index (χ0n) is 18.9. The van der Waals surface area contributed by atoms with Crippen LogP contribution in [-0.2, 0) is 22.3 Å². The molecule has 3 nitrogen and oxygen atoms in total. The number of phenolic OH excluding ortho intramolecular Hbond substituents is 1. The van der Waals surface area contributed by atoms with Crippen LogP contribution in [0.4, 0.5) is 0 Å². The maximum atomic E-state index is 10.3. The predicted octanol–water partition coefficient (Wildman–Crippen LogP) is 6.43. The maximum Gasteiger partial charge on any atom is 0.158 e. The lowest BCUT2D eigenvalue weighted by Gasteiger charge is -2.31. The molecule has 4 rings (SSSR count). The molecule has 3 heteroatoms. The Bertz CT molecular complexity index is 706. The van der Waals surface area contributed by atoms with E-state index in [0.29, 0.717) is 29.4 Å². The molecular formula is C27H40O3. The number of benzene rings is 1. The van der Waals surface area contributed by atoms with Crippen LogP contribution in [0.3, 0.4) is 0 Å². The van der Waals surface area contributed by atoms with Gasteiger partial charge in [0.1, 0.15) is 5.75 Å². The Hall–Kier alpha value is -1.32. The van der Waals surface area contributed by atoms with Gasteiger partial charge in [0, 0.05) is 6.61 Å². The highest BCUT2D eigenvalue weighted by molar-refractivity contribution is 5.42. The van der Waals surface area contributed by atoms with E-state index in [1.165, 1.54) is 43.2 Å². The van der Waals surface area contributed by atoms with Crippen LogP contribution in [-0.4, -0.2) is 24.1 Å². The van der Waals surface area contributed by atoms with Gasteiger partial charge in [0.15, 0.2) is 6.29 Å². The average molecular weight is 413 g/mol. The molecule has 2 aliphatic carbocycles. The van der Waals surface area contributed by atoms with Crippen molar-refractivity contribution in [3.8, 4) is 5.75 Å². The van der Waals surface area contributed by atoms with Crippen molar-refractivity contribution in [3.63, 3.8) is 0 Å². The van der Waals surface area contributed by atoms with Crippen molar-refractivity contribution in [3.05, 3.63) is 41.5 Å². The Balaban J connectivity index is 1.44. The Morgan fingerprint density at radius 2 is 2.13 bits per heavy atom. The number of hydrogen-bond acceptors (Lipinski definition) is 3. The van der Waals surface area contributed by atoms with Gasteiger partial charge in [-0.15, -0.1) is 0 Å². The van der Waals surface area contributed by atoms with Crippen molar-refractivity contribution in [1.82, 2.24) is 0 Å². The first-order valence-electron chi connectivity index (χ1n) is 12.4. The summed E-state index contributed by atoms with van der Waals surface area (Å²) in [6.07, 6.45) is 16.6. The molecule has 1 saturated carbocycles. The lowest BCUT2D eigenvalue weighted by molar-refractivity contribution is -0.179. The Morgan fingerprint density at radius 1 is 1.23 bits per heavy atom. The van der Waals surface area contributed by atoms with E-state index < -0.39 is 0 Å². The fraction of sp³-hybridized carbons (Fsp3) is 0.704. The van der Waals surface area contributed by atoms with E-state index in [1.54, 1.807) is 0 Å². The van der Waals surface area contributed by atoms with Gasteiger partial charge < -0.3 is 14.6 Å². The third kappa shape index (κ3) is 5.11. The molecule has 1 unspecified atom stereocenters. The van der Waals surface area contributed by atoms with Crippen LogP contribution in [0.15, 0.2) is 30.4 Å². The zero-order chi connectivity index (χ0) is 20.9. The van der Waals surface area contributed by atoms with Crippen molar-refractivity contribution < 1.29 is 14.6 Å². The molecule has 30 heavy (non-hydrogen) atoms. The first kappa shape index (κ1) is 21.9. The quantitative estimate of drug-likeness (QED) is 0.395. The van der Waals surface area contributed by atoms with Gasteiger partial charge in [0.2, 0.25) is 0 Å². The minimum Gasteiger partial charge on any atom is -0.508 e. The largest absolute Gasteiger partial charge is 0.508 e. The van der Waals surface area contributed by atoms with Crippen molar-refractivity contribution >= 4 is 0 Å². The van der Waals surface area contributed by atoms with E-state index in [-0.39, 0.29) is 12.4 Å². The number of phenols is 1. The second kappa shape index (κ2) is 10.3. The number of ether oxygens (including phenoxy) is 2. The summed E-state index contributed by atoms with van der Waals surface area (Å²) >= 11 is 0. The number of fused-ring (bicyclic) bond motifs is 2. The van der Waals surface area contributed by atoms with Gasteiger partial charge in [0.05, 0.1) is 6.10 Å². The second-order valence-electron chi connectivity index (χ2n) is 9.89. The van der Waals surface area contributed by atoms with Gasteiger partial charge in [-0.25, -0.2) is 0 Å². The third-order valence-electron chi connectivity index (χ3n) is 7.71. The molecule has 1 aromatic carbocycles. The summed E-state index contributed by atoms with van der Waals surface area (Å²) in [7, 11) is 0. The maximum absolute atomic E-state index is 10.3. The molecule has 0 bridgehead atoms. The van der Waals surface area contributed by atoms with Gasteiger partial charge in [-0.1, -0.05) is 57.4 Å². The van der Waals surface area contributed by atoms with E-state index in [1.807, 2.05) is 12.1 Å². The van der Waals surface area contributed by atoms with Gasteiger partial charge in [-0.2, -0.15) is 0 Å². The zero-order valence-corrected chi connectivity index (χ0v) is 18.9. The molecule has 166 valence electrons. The lowest BCUT2D eigenvalue weighted by Crippen LogP contribution is -2.28. The highest BCUT2D eigenvalue weighted by atomic mass is 16.7. The Kier molecular flexibility index (Phi) is 7.54. The van der Waals surface area contributed by atoms with E-state index in [0.717, 1.165) is 38.7 Å². The molecule has 1 N–H and O–H groups in total. The van der Waals surface area contributed by atoms with Crippen LogP contribution in [0.2, 0.25) is 0 Å². The van der Waals surface area contributed by atoms with Crippen molar-refractivity contribution in [2.24, 2.45) is 23.7 Å². The normalized spacial score (nSPS) is 32.1. The fourth-order valence-corrected chi connectivity index (χ4v) is 6.05. The lowest BCUT2D eigenvalue weighted by atomic mass is 9.74. The molecule has 1 aromatic rings. The summed E-state index contributed by atoms with van der Waals surface area (Å²) in [5.74, 6) is 3.17. The number of unbranched alkanes of at least 4 members (excludes halogenated alkanes) is 2. The first-order chi connectivity index (χ1) is 14.7. The molecule has 0 spiro atoms. The van der Waals surface area contributed by atoms with Crippen molar-refractivity contribution in [1.29, 1.82) is 0 Å². The smallest absolute Gasteiger partial charge is 0.158 e. The summed E-state index contributed by atoms with van der Waals surface area (Å²) < 4.78 is 12.3. The molecule has 1 saturated heterocycles. The standard InChI is InChI=1S/C27H40O3/c1-3-4-5-10-22(30-27-12-6-7-15-29-27)13-14-23-19(2)16-21-18-25-20(17-24(21)23)9-8-11-26(25)28/h8-9,11,13-14,19,21-24,27-28H,3-7,10,12,15-18H2,1-2H3/b14-13+/t19-,21-,22+,23+,24+,27?/m1/s1. The molecule has 0 amide bonds. The van der Waals surface area contributed by atoms with Gasteiger partial charge in [-0.05, 0) is 85.8 Å². The summed E-state index contributed by atoms with van der Waals surface area (Å²) in [6, 6.07) is 6.06. The van der Waals surface area contributed by atoms with Crippen LogP contribution < -0.4 is 0 Å². The third-order valence-corrected chi connectivity index (χ3v) is 7.71. The summed E-state index contributed by atoms with van der Waals surface area (Å²) in [6.45, 7) is 5.51. The molecule has 3 aliphatic rings. The number of allylic oxidation sites excluding steroid dienone is 1. The van der Waals surface area contributed by atoms with Crippen LogP contribution in [0.1, 0.15) is 76.3 Å². The van der Waals surface area contributed by atoms with Crippen LogP contribution in [0.5, 0.6) is 5.75 Å². The fourth-order valence-electron chi connectivity index (χ4n) is 6.05. The Labute approximate surface area is 182 Å². The van der Waals surface area contributed by atoms with Gasteiger partial charge in [0.25, 0.3) is 0 Å². The van der Waals surface area contributed by atoms with E-state index in [4.69, 9.17) is 9.47 Å². The van der Waals surface area contributed by atoms with Crippen LogP contribution in [0, 0.1) is 23.7 Å². The first-order valence-corrected chi connectivity index (χ1v) is 12.4. The average Bonchev–Trinajstić information content (AvgIpc) is 3.06. The molecule has 0 aromatic heterocycles. The highest BCUT2D eigenvalue weighted by Gasteiger charge is 2.42. The van der Waals surface area contributed by atoms with Gasteiger partial charge in [-0.3, -0.25) is 0 Å². The predicted molar refractivity (Wildman–Crippen MR) is 122 cm³/mol.